The van der Waals surface area contributed by atoms with Gasteiger partial charge in [-0.05, 0) is 47.5 Å². The minimum atomic E-state index is -2.08. The van der Waals surface area contributed by atoms with Crippen LogP contribution in [0.2, 0.25) is 5.02 Å². The molecule has 0 heterocycles. The first-order valence-corrected chi connectivity index (χ1v) is 6.38. The molecule has 0 bridgehead atoms. The van der Waals surface area contributed by atoms with E-state index in [0.717, 1.165) is 10.7 Å². The molecule has 1 atom stereocenters. The van der Waals surface area contributed by atoms with Gasteiger partial charge in [0.1, 0.15) is 0 Å². The summed E-state index contributed by atoms with van der Waals surface area (Å²) < 4.78 is 20.7. The zero-order chi connectivity index (χ0) is 10.8. The molecule has 5 heteroatoms. The number of halogens is 1. The van der Waals surface area contributed by atoms with Crippen LogP contribution >= 0.6 is 11.6 Å². The highest BCUT2D eigenvalue weighted by Gasteiger charge is 2.25. The first kappa shape index (κ1) is 10.9. The van der Waals surface area contributed by atoms with Crippen molar-refractivity contribution in [2.24, 2.45) is 0 Å². The summed E-state index contributed by atoms with van der Waals surface area (Å²) in [6.45, 7) is 0. The van der Waals surface area contributed by atoms with Crippen molar-refractivity contribution in [2.45, 2.75) is 18.8 Å². The number of anilines is 1. The summed E-state index contributed by atoms with van der Waals surface area (Å²) in [5, 5.41) is 3.50. The van der Waals surface area contributed by atoms with Crippen LogP contribution in [0.3, 0.4) is 0 Å². The third-order valence-corrected chi connectivity index (χ3v) is 3.12. The van der Waals surface area contributed by atoms with Gasteiger partial charge in [-0.25, -0.2) is 0 Å². The molecule has 0 amide bonds. The lowest BCUT2D eigenvalue weighted by molar-refractivity contribution is 0.539. The third kappa shape index (κ3) is 2.93. The standard InChI is InChI=1S/C10H12ClNO2S/c11-10-5-8(12-6-15(13)14)3-4-9(10)7-1-2-7/h3-5,7,12H,1-2,6H2,(H,13,14)/p-1. The van der Waals surface area contributed by atoms with Crippen molar-refractivity contribution in [3.05, 3.63) is 28.8 Å². The average Bonchev–Trinajstić information content (AvgIpc) is 2.98. The molecule has 1 saturated carbocycles. The van der Waals surface area contributed by atoms with Crippen molar-refractivity contribution in [3.63, 3.8) is 0 Å². The summed E-state index contributed by atoms with van der Waals surface area (Å²) >= 11 is 4.01. The average molecular weight is 245 g/mol. The lowest BCUT2D eigenvalue weighted by Crippen LogP contribution is -2.07. The summed E-state index contributed by atoms with van der Waals surface area (Å²) in [5.74, 6) is 0.527. The third-order valence-electron chi connectivity index (χ3n) is 2.41. The van der Waals surface area contributed by atoms with Gasteiger partial charge in [0, 0.05) is 10.7 Å². The van der Waals surface area contributed by atoms with Gasteiger partial charge in [0.2, 0.25) is 0 Å². The van der Waals surface area contributed by atoms with Gasteiger partial charge >= 0.3 is 0 Å². The van der Waals surface area contributed by atoms with Crippen LogP contribution in [0.5, 0.6) is 0 Å². The Morgan fingerprint density at radius 1 is 1.53 bits per heavy atom. The van der Waals surface area contributed by atoms with E-state index in [-0.39, 0.29) is 5.88 Å². The number of nitrogens with one attached hydrogen (secondary N) is 1. The Labute approximate surface area is 96.1 Å². The van der Waals surface area contributed by atoms with Crippen LogP contribution in [0.1, 0.15) is 24.3 Å². The highest BCUT2D eigenvalue weighted by molar-refractivity contribution is 7.79. The van der Waals surface area contributed by atoms with Crippen molar-refractivity contribution in [1.82, 2.24) is 0 Å². The lowest BCUT2D eigenvalue weighted by Gasteiger charge is -2.10. The zero-order valence-corrected chi connectivity index (χ0v) is 9.61. The molecule has 0 aliphatic heterocycles. The molecule has 1 N–H and O–H groups in total. The van der Waals surface area contributed by atoms with Crippen LogP contribution in [-0.2, 0) is 11.1 Å². The SMILES string of the molecule is O=S([O-])CNc1ccc(C2CC2)c(Cl)c1. The number of rotatable bonds is 4. The van der Waals surface area contributed by atoms with Gasteiger partial charge in [0.15, 0.2) is 0 Å². The lowest BCUT2D eigenvalue weighted by atomic mass is 10.1. The van der Waals surface area contributed by atoms with E-state index in [1.165, 1.54) is 18.4 Å². The van der Waals surface area contributed by atoms with E-state index in [9.17, 15) is 8.76 Å². The largest absolute Gasteiger partial charge is 0.771 e. The van der Waals surface area contributed by atoms with Crippen LogP contribution in [0, 0.1) is 0 Å². The van der Waals surface area contributed by atoms with E-state index in [1.54, 1.807) is 6.07 Å². The molecule has 0 spiro atoms. The smallest absolute Gasteiger partial charge is 0.0777 e. The van der Waals surface area contributed by atoms with Crippen LogP contribution in [0.15, 0.2) is 18.2 Å². The van der Waals surface area contributed by atoms with Crippen LogP contribution in [0.25, 0.3) is 0 Å². The Hall–Kier alpha value is -0.580. The maximum absolute atomic E-state index is 10.3. The second kappa shape index (κ2) is 4.51. The fourth-order valence-corrected chi connectivity index (χ4v) is 2.12. The summed E-state index contributed by atoms with van der Waals surface area (Å²) in [5.41, 5.74) is 1.92. The predicted molar refractivity (Wildman–Crippen MR) is 60.8 cm³/mol. The molecule has 2 rings (SSSR count). The topological polar surface area (TPSA) is 52.2 Å². The molecule has 1 aliphatic carbocycles. The predicted octanol–water partition coefficient (Wildman–Crippen LogP) is 2.47. The quantitative estimate of drug-likeness (QED) is 0.828. The maximum Gasteiger partial charge on any atom is 0.0777 e. The minimum Gasteiger partial charge on any atom is -0.771 e. The van der Waals surface area contributed by atoms with Gasteiger partial charge < -0.3 is 9.87 Å². The monoisotopic (exact) mass is 244 g/mol. The molecule has 0 aromatic heterocycles. The molecular weight excluding hydrogens is 234 g/mol. The van der Waals surface area contributed by atoms with Crippen molar-refractivity contribution < 1.29 is 8.76 Å². The normalized spacial score (nSPS) is 17.5. The van der Waals surface area contributed by atoms with Gasteiger partial charge in [-0.15, -0.1) is 0 Å². The van der Waals surface area contributed by atoms with Crippen LogP contribution in [-0.4, -0.2) is 14.6 Å². The summed E-state index contributed by atoms with van der Waals surface area (Å²) in [6, 6.07) is 5.62. The molecule has 1 aromatic rings. The Bertz CT molecular complexity index is 393. The second-order valence-corrected chi connectivity index (χ2v) is 4.94. The van der Waals surface area contributed by atoms with Gasteiger partial charge in [-0.3, -0.25) is 4.21 Å². The highest BCUT2D eigenvalue weighted by atomic mass is 35.5. The zero-order valence-electron chi connectivity index (χ0n) is 8.03. The second-order valence-electron chi connectivity index (χ2n) is 3.64. The minimum absolute atomic E-state index is 0.0842. The van der Waals surface area contributed by atoms with Crippen LogP contribution < -0.4 is 5.32 Å². The van der Waals surface area contributed by atoms with Crippen molar-refractivity contribution >= 4 is 28.4 Å². The van der Waals surface area contributed by atoms with Gasteiger partial charge in [-0.1, -0.05) is 17.7 Å². The van der Waals surface area contributed by atoms with E-state index in [2.05, 4.69) is 5.32 Å². The molecule has 15 heavy (non-hydrogen) atoms. The van der Waals surface area contributed by atoms with E-state index in [4.69, 9.17) is 11.6 Å². The molecule has 1 aliphatic rings. The van der Waals surface area contributed by atoms with Gasteiger partial charge in [0.05, 0.1) is 5.88 Å². The molecule has 82 valence electrons. The summed E-state index contributed by atoms with van der Waals surface area (Å²) in [7, 11) is 0. The fraction of sp³-hybridized carbons (Fsp3) is 0.400. The first-order valence-electron chi connectivity index (χ1n) is 4.76. The van der Waals surface area contributed by atoms with E-state index >= 15 is 0 Å². The molecule has 0 radical (unpaired) electrons. The Morgan fingerprint density at radius 2 is 2.27 bits per heavy atom. The summed E-state index contributed by atoms with van der Waals surface area (Å²) in [4.78, 5) is 0. The maximum atomic E-state index is 10.3. The number of benzene rings is 1. The molecule has 1 unspecified atom stereocenters. The molecular formula is C10H11ClNO2S-. The first-order chi connectivity index (χ1) is 7.16. The Kier molecular flexibility index (Phi) is 3.29. The molecule has 0 saturated heterocycles. The van der Waals surface area contributed by atoms with Gasteiger partial charge in [0.25, 0.3) is 0 Å². The van der Waals surface area contributed by atoms with Crippen LogP contribution in [0.4, 0.5) is 5.69 Å². The number of hydrogen-bond donors (Lipinski definition) is 1. The number of hydrogen-bond acceptors (Lipinski definition) is 3. The van der Waals surface area contributed by atoms with E-state index in [1.807, 2.05) is 12.1 Å². The molecule has 1 fully saturated rings. The summed E-state index contributed by atoms with van der Waals surface area (Å²) in [6.07, 6.45) is 2.41. The molecule has 1 aromatic carbocycles. The highest BCUT2D eigenvalue weighted by Crippen LogP contribution is 2.43. The van der Waals surface area contributed by atoms with Crippen molar-refractivity contribution in [3.8, 4) is 0 Å². The van der Waals surface area contributed by atoms with E-state index < -0.39 is 11.1 Å². The Balaban J connectivity index is 2.07. The van der Waals surface area contributed by atoms with E-state index in [0.29, 0.717) is 5.92 Å². The van der Waals surface area contributed by atoms with Gasteiger partial charge in [-0.2, -0.15) is 0 Å². The fourth-order valence-electron chi connectivity index (χ4n) is 1.50. The van der Waals surface area contributed by atoms with Crippen molar-refractivity contribution in [2.75, 3.05) is 11.2 Å². The Morgan fingerprint density at radius 3 is 2.80 bits per heavy atom. The molecule has 3 nitrogen and oxygen atoms in total. The van der Waals surface area contributed by atoms with Crippen molar-refractivity contribution in [1.29, 1.82) is 0 Å².